The summed E-state index contributed by atoms with van der Waals surface area (Å²) in [4.78, 5) is 14.7. The van der Waals surface area contributed by atoms with Gasteiger partial charge in [-0.3, -0.25) is 9.69 Å². The number of rotatable bonds is 7. The molecule has 1 amide bonds. The highest BCUT2D eigenvalue weighted by Crippen LogP contribution is 2.23. The molecule has 2 atom stereocenters. The molecule has 124 valence electrons. The first-order chi connectivity index (χ1) is 11.0. The largest absolute Gasteiger partial charge is 0.384 e. The fourth-order valence-electron chi connectivity index (χ4n) is 2.45. The number of amides is 1. The Bertz CT molecular complexity index is 611. The molecule has 2 N–H and O–H groups in total. The summed E-state index contributed by atoms with van der Waals surface area (Å²) < 4.78 is 0. The Hall–Kier alpha value is -1.69. The number of likely N-dealkylation sites (N-methyl/N-ethyl adjacent to an activating group) is 1. The highest BCUT2D eigenvalue weighted by Gasteiger charge is 2.28. The molecule has 1 aromatic heterocycles. The Morgan fingerprint density at radius 1 is 1.35 bits per heavy atom. The second-order valence-corrected chi connectivity index (χ2v) is 6.67. The van der Waals surface area contributed by atoms with Gasteiger partial charge in [0.2, 0.25) is 5.91 Å². The summed E-state index contributed by atoms with van der Waals surface area (Å²) in [5.41, 5.74) is 0.703. The maximum absolute atomic E-state index is 12.7. The van der Waals surface area contributed by atoms with Crippen molar-refractivity contribution in [1.29, 1.82) is 0 Å². The van der Waals surface area contributed by atoms with Crippen LogP contribution in [0, 0.1) is 0 Å². The van der Waals surface area contributed by atoms with Crippen LogP contribution >= 0.6 is 11.3 Å². The summed E-state index contributed by atoms with van der Waals surface area (Å²) >= 11 is 1.53. The number of carbonyl (C=O) groups excluding carboxylic acids is 1. The minimum absolute atomic E-state index is 0.101. The van der Waals surface area contributed by atoms with Gasteiger partial charge in [-0.15, -0.1) is 0 Å². The molecule has 1 heterocycles. The van der Waals surface area contributed by atoms with Gasteiger partial charge < -0.3 is 10.4 Å². The Kier molecular flexibility index (Phi) is 5.93. The van der Waals surface area contributed by atoms with Crippen LogP contribution in [-0.4, -0.2) is 36.1 Å². The minimum Gasteiger partial charge on any atom is -0.384 e. The van der Waals surface area contributed by atoms with E-state index in [0.717, 1.165) is 17.7 Å². The van der Waals surface area contributed by atoms with Gasteiger partial charge in [0.05, 0.1) is 6.54 Å². The maximum atomic E-state index is 12.7. The number of benzene rings is 1. The Morgan fingerprint density at radius 2 is 2.04 bits per heavy atom. The van der Waals surface area contributed by atoms with E-state index in [1.165, 1.54) is 11.3 Å². The van der Waals surface area contributed by atoms with Crippen LogP contribution < -0.4 is 5.32 Å². The Labute approximate surface area is 141 Å². The topological polar surface area (TPSA) is 52.6 Å². The van der Waals surface area contributed by atoms with E-state index >= 15 is 0 Å². The van der Waals surface area contributed by atoms with Crippen LogP contribution in [-0.2, 0) is 10.4 Å². The lowest BCUT2D eigenvalue weighted by Gasteiger charge is -2.29. The van der Waals surface area contributed by atoms with Gasteiger partial charge in [-0.05, 0) is 48.5 Å². The summed E-state index contributed by atoms with van der Waals surface area (Å²) in [5.74, 6) is -0.101. The number of nitrogens with one attached hydrogen (secondary N) is 1. The number of hydrogen-bond donors (Lipinski definition) is 2. The highest BCUT2D eigenvalue weighted by molar-refractivity contribution is 7.08. The van der Waals surface area contributed by atoms with Gasteiger partial charge >= 0.3 is 0 Å². The smallest absolute Gasteiger partial charge is 0.242 e. The molecule has 5 heteroatoms. The van der Waals surface area contributed by atoms with Crippen LogP contribution in [0.4, 0.5) is 0 Å². The lowest BCUT2D eigenvalue weighted by Crippen LogP contribution is -2.44. The van der Waals surface area contributed by atoms with E-state index < -0.39 is 5.60 Å². The van der Waals surface area contributed by atoms with E-state index in [9.17, 15) is 9.90 Å². The quantitative estimate of drug-likeness (QED) is 0.820. The van der Waals surface area contributed by atoms with Crippen LogP contribution in [0.25, 0.3) is 0 Å². The van der Waals surface area contributed by atoms with Crippen molar-refractivity contribution in [2.24, 2.45) is 0 Å². The normalized spacial score (nSPS) is 15.2. The first kappa shape index (κ1) is 17.7. The molecule has 0 saturated carbocycles. The summed E-state index contributed by atoms with van der Waals surface area (Å²) in [7, 11) is 1.92. The van der Waals surface area contributed by atoms with E-state index in [1.54, 1.807) is 6.92 Å². The SMILES string of the molecule is CCN(C)C(C(=O)NCC(C)(O)c1ccsc1)c1ccccc1. The number of thiophene rings is 1. The number of aliphatic hydroxyl groups is 1. The maximum Gasteiger partial charge on any atom is 0.242 e. The lowest BCUT2D eigenvalue weighted by molar-refractivity contribution is -0.127. The van der Waals surface area contributed by atoms with Gasteiger partial charge in [0.15, 0.2) is 0 Å². The standard InChI is InChI=1S/C18H24N2O2S/c1-4-20(3)16(14-8-6-5-7-9-14)17(21)19-13-18(2,22)15-10-11-23-12-15/h5-12,16,22H,4,13H2,1-3H3,(H,19,21). The highest BCUT2D eigenvalue weighted by atomic mass is 32.1. The van der Waals surface area contributed by atoms with Crippen molar-refractivity contribution in [3.05, 3.63) is 58.3 Å². The van der Waals surface area contributed by atoms with E-state index in [1.807, 2.05) is 66.0 Å². The van der Waals surface area contributed by atoms with Gasteiger partial charge in [0.25, 0.3) is 0 Å². The third kappa shape index (κ3) is 4.41. The molecule has 0 aliphatic heterocycles. The molecule has 0 saturated heterocycles. The van der Waals surface area contributed by atoms with E-state index in [2.05, 4.69) is 5.32 Å². The van der Waals surface area contributed by atoms with Gasteiger partial charge in [-0.25, -0.2) is 0 Å². The van der Waals surface area contributed by atoms with Crippen molar-refractivity contribution in [1.82, 2.24) is 10.2 Å². The zero-order chi connectivity index (χ0) is 16.9. The van der Waals surface area contributed by atoms with Crippen LogP contribution in [0.2, 0.25) is 0 Å². The molecular formula is C18H24N2O2S. The molecule has 23 heavy (non-hydrogen) atoms. The van der Waals surface area contributed by atoms with Crippen LogP contribution in [0.15, 0.2) is 47.2 Å². The third-order valence-corrected chi connectivity index (χ3v) is 4.74. The molecule has 1 aromatic carbocycles. The number of carbonyl (C=O) groups is 1. The molecular weight excluding hydrogens is 308 g/mol. The Morgan fingerprint density at radius 3 is 2.61 bits per heavy atom. The van der Waals surface area contributed by atoms with Crippen molar-refractivity contribution in [3.8, 4) is 0 Å². The zero-order valence-corrected chi connectivity index (χ0v) is 14.6. The molecule has 0 aliphatic rings. The molecule has 0 radical (unpaired) electrons. The van der Waals surface area contributed by atoms with Crippen molar-refractivity contribution in [2.45, 2.75) is 25.5 Å². The minimum atomic E-state index is -1.07. The van der Waals surface area contributed by atoms with Gasteiger partial charge in [0.1, 0.15) is 11.6 Å². The fraction of sp³-hybridized carbons (Fsp3) is 0.389. The van der Waals surface area contributed by atoms with Gasteiger partial charge in [-0.2, -0.15) is 11.3 Å². The second-order valence-electron chi connectivity index (χ2n) is 5.89. The van der Waals surface area contributed by atoms with E-state index in [4.69, 9.17) is 0 Å². The first-order valence-electron chi connectivity index (χ1n) is 7.73. The summed E-state index contributed by atoms with van der Waals surface area (Å²) in [5, 5.41) is 17.3. The molecule has 2 unspecified atom stereocenters. The van der Waals surface area contributed by atoms with Crippen molar-refractivity contribution >= 4 is 17.2 Å². The molecule has 0 aliphatic carbocycles. The van der Waals surface area contributed by atoms with E-state index in [0.29, 0.717) is 0 Å². The molecule has 2 aromatic rings. The average Bonchev–Trinajstić information content (AvgIpc) is 3.09. The number of nitrogens with zero attached hydrogens (tertiary/aromatic N) is 1. The lowest BCUT2D eigenvalue weighted by atomic mass is 9.98. The van der Waals surface area contributed by atoms with Crippen molar-refractivity contribution in [3.63, 3.8) is 0 Å². The Balaban J connectivity index is 2.10. The van der Waals surface area contributed by atoms with Crippen molar-refractivity contribution in [2.75, 3.05) is 20.1 Å². The summed E-state index contributed by atoms with van der Waals surface area (Å²) in [6.45, 7) is 4.68. The van der Waals surface area contributed by atoms with Crippen LogP contribution in [0.1, 0.15) is 31.0 Å². The predicted octanol–water partition coefficient (Wildman–Crippen LogP) is 2.76. The number of hydrogen-bond acceptors (Lipinski definition) is 4. The third-order valence-electron chi connectivity index (χ3n) is 4.05. The zero-order valence-electron chi connectivity index (χ0n) is 13.8. The first-order valence-corrected chi connectivity index (χ1v) is 8.68. The van der Waals surface area contributed by atoms with E-state index in [-0.39, 0.29) is 18.5 Å². The summed E-state index contributed by atoms with van der Waals surface area (Å²) in [6, 6.07) is 11.2. The van der Waals surface area contributed by atoms with Crippen LogP contribution in [0.3, 0.4) is 0 Å². The monoisotopic (exact) mass is 332 g/mol. The second kappa shape index (κ2) is 7.73. The van der Waals surface area contributed by atoms with Crippen molar-refractivity contribution < 1.29 is 9.90 Å². The molecule has 2 rings (SSSR count). The molecule has 0 bridgehead atoms. The fourth-order valence-corrected chi connectivity index (χ4v) is 3.24. The van der Waals surface area contributed by atoms with Gasteiger partial charge in [0, 0.05) is 0 Å². The summed E-state index contributed by atoms with van der Waals surface area (Å²) in [6.07, 6.45) is 0. The molecule has 0 fully saturated rings. The molecule has 4 nitrogen and oxygen atoms in total. The molecule has 0 spiro atoms. The van der Waals surface area contributed by atoms with Crippen LogP contribution in [0.5, 0.6) is 0 Å². The van der Waals surface area contributed by atoms with Gasteiger partial charge in [-0.1, -0.05) is 37.3 Å². The average molecular weight is 332 g/mol. The predicted molar refractivity (Wildman–Crippen MR) is 94.4 cm³/mol.